The molecule has 0 saturated heterocycles. The first-order chi connectivity index (χ1) is 22.8. The maximum atomic E-state index is 13.5. The van der Waals surface area contributed by atoms with E-state index in [0.717, 1.165) is 5.69 Å². The molecule has 0 saturated carbocycles. The van der Waals surface area contributed by atoms with Gasteiger partial charge in [-0.3, -0.25) is 19.3 Å². The molecule has 0 amide bonds. The van der Waals surface area contributed by atoms with Crippen LogP contribution in [0.4, 0.5) is 28.4 Å². The molecule has 0 fully saturated rings. The van der Waals surface area contributed by atoms with Gasteiger partial charge in [0, 0.05) is 23.0 Å². The second kappa shape index (κ2) is 13.7. The highest BCUT2D eigenvalue weighted by atomic mass is 32.2. The minimum atomic E-state index is -4.87. The number of allylic oxidation sites excluding steroid dienone is 2. The molecule has 5 rings (SSSR count). The van der Waals surface area contributed by atoms with Crippen LogP contribution in [0.25, 0.3) is 12.2 Å². The summed E-state index contributed by atoms with van der Waals surface area (Å²) in [5, 5.41) is 15.7. The van der Waals surface area contributed by atoms with Crippen molar-refractivity contribution in [2.75, 3.05) is 17.9 Å². The van der Waals surface area contributed by atoms with Crippen molar-refractivity contribution in [2.45, 2.75) is 18.7 Å². The van der Waals surface area contributed by atoms with Crippen molar-refractivity contribution in [2.24, 2.45) is 15.3 Å². The molecular formula is C33H29N5O8S2. The number of Topliss-reactive ketones (excluding diaryl/α,β-unsaturated/α-hetero) is 1. The molecule has 0 atom stereocenters. The van der Waals surface area contributed by atoms with E-state index in [0.29, 0.717) is 22.6 Å². The van der Waals surface area contributed by atoms with Gasteiger partial charge in [0.1, 0.15) is 15.6 Å². The van der Waals surface area contributed by atoms with Crippen LogP contribution in [0.15, 0.2) is 110 Å². The van der Waals surface area contributed by atoms with Crippen LogP contribution in [-0.2, 0) is 20.2 Å². The molecule has 13 nitrogen and oxygen atoms in total. The minimum Gasteiger partial charge on any atom is -0.494 e. The molecule has 4 aromatic rings. The van der Waals surface area contributed by atoms with Gasteiger partial charge in [0.15, 0.2) is 5.71 Å². The maximum Gasteiger partial charge on any atom is 0.296 e. The van der Waals surface area contributed by atoms with E-state index in [1.54, 1.807) is 38.1 Å². The lowest BCUT2D eigenvalue weighted by Crippen LogP contribution is -2.27. The first-order valence-corrected chi connectivity index (χ1v) is 17.0. The average Bonchev–Trinajstić information content (AvgIpc) is 3.03. The molecule has 0 radical (unpaired) electrons. The summed E-state index contributed by atoms with van der Waals surface area (Å²) in [6, 6.07) is 21.2. The van der Waals surface area contributed by atoms with Crippen LogP contribution >= 0.6 is 0 Å². The summed E-state index contributed by atoms with van der Waals surface area (Å²) < 4.78 is 73.2. The number of ether oxygens (including phenoxy) is 1. The normalized spacial score (nSPS) is 14.3. The van der Waals surface area contributed by atoms with Crippen LogP contribution in [0.3, 0.4) is 0 Å². The summed E-state index contributed by atoms with van der Waals surface area (Å²) in [5.41, 5.74) is 5.75. The number of para-hydroxylation sites is 1. The number of hydrogen-bond donors (Lipinski definition) is 4. The Bertz CT molecular complexity index is 2260. The highest BCUT2D eigenvalue weighted by molar-refractivity contribution is 7.91. The number of carbonyl (C=O) groups excluding carboxylic acids is 1. The molecule has 48 heavy (non-hydrogen) atoms. The summed E-state index contributed by atoms with van der Waals surface area (Å²) in [7, 11) is -7.94. The molecule has 0 unspecified atom stereocenters. The molecule has 4 aromatic carbocycles. The van der Waals surface area contributed by atoms with Crippen molar-refractivity contribution in [3.63, 3.8) is 0 Å². The molecule has 0 aliphatic heterocycles. The van der Waals surface area contributed by atoms with Crippen molar-refractivity contribution < 1.29 is 35.5 Å². The number of azo groups is 1. The van der Waals surface area contributed by atoms with Crippen molar-refractivity contribution >= 4 is 72.3 Å². The Kier molecular flexibility index (Phi) is 9.67. The van der Waals surface area contributed by atoms with Crippen molar-refractivity contribution in [3.8, 4) is 5.75 Å². The number of fused-ring (bicyclic) bond motifs is 1. The second-order valence-electron chi connectivity index (χ2n) is 10.4. The number of anilines is 3. The van der Waals surface area contributed by atoms with Crippen LogP contribution in [0.1, 0.15) is 34.0 Å². The van der Waals surface area contributed by atoms with Crippen LogP contribution in [-0.4, -0.2) is 44.5 Å². The fraction of sp³-hybridized carbons (Fsp3) is 0.0909. The molecule has 4 N–H and O–H groups in total. The lowest BCUT2D eigenvalue weighted by atomic mass is 9.94. The zero-order chi connectivity index (χ0) is 34.6. The van der Waals surface area contributed by atoms with Crippen LogP contribution in [0.2, 0.25) is 0 Å². The number of benzene rings is 4. The molecule has 246 valence electrons. The third-order valence-electron chi connectivity index (χ3n) is 7.07. The number of ketones is 1. The highest BCUT2D eigenvalue weighted by Crippen LogP contribution is 2.35. The number of aryl methyl sites for hydroxylation is 1. The minimum absolute atomic E-state index is 0.183. The topological polar surface area (TPSA) is 196 Å². The molecule has 1 aliphatic carbocycles. The monoisotopic (exact) mass is 687 g/mol. The first-order valence-electron chi connectivity index (χ1n) is 14.2. The van der Waals surface area contributed by atoms with E-state index in [1.807, 2.05) is 30.3 Å². The summed E-state index contributed by atoms with van der Waals surface area (Å²) in [5.74, 6) is -0.509. The van der Waals surface area contributed by atoms with Crippen LogP contribution in [0.5, 0.6) is 5.75 Å². The van der Waals surface area contributed by atoms with Gasteiger partial charge in [0.2, 0.25) is 5.78 Å². The number of hydrogen-bond acceptors (Lipinski definition) is 11. The Labute approximate surface area is 276 Å². The van der Waals surface area contributed by atoms with Crippen LogP contribution < -0.4 is 15.5 Å². The van der Waals surface area contributed by atoms with Crippen molar-refractivity contribution in [1.82, 2.24) is 0 Å². The molecular weight excluding hydrogens is 659 g/mol. The van der Waals surface area contributed by atoms with E-state index in [2.05, 4.69) is 26.1 Å². The van der Waals surface area contributed by atoms with Gasteiger partial charge in [0.05, 0.1) is 24.2 Å². The van der Waals surface area contributed by atoms with Gasteiger partial charge in [-0.05, 0) is 91.2 Å². The molecule has 0 aromatic heterocycles. The van der Waals surface area contributed by atoms with Crippen molar-refractivity contribution in [1.29, 1.82) is 0 Å². The number of hydrazone groups is 1. The van der Waals surface area contributed by atoms with E-state index in [9.17, 15) is 30.7 Å². The number of nitrogens with one attached hydrogen (secondary N) is 2. The van der Waals surface area contributed by atoms with Gasteiger partial charge >= 0.3 is 0 Å². The van der Waals surface area contributed by atoms with E-state index < -0.39 is 36.6 Å². The summed E-state index contributed by atoms with van der Waals surface area (Å²) >= 11 is 0. The molecule has 1 aliphatic rings. The van der Waals surface area contributed by atoms with E-state index in [1.165, 1.54) is 49.6 Å². The number of methoxy groups -OCH3 is 1. The highest BCUT2D eigenvalue weighted by Gasteiger charge is 2.33. The Morgan fingerprint density at radius 2 is 1.60 bits per heavy atom. The maximum absolute atomic E-state index is 13.5. The van der Waals surface area contributed by atoms with Gasteiger partial charge in [-0.2, -0.15) is 32.2 Å². The number of nitrogens with zero attached hydrogens (tertiary/aromatic N) is 3. The standard InChI is InChI=1S/C33H29N5O8S2/c1-4-8-21-16-25(12-14-30(21)47(40,41)42)35-36-27-19-29(46-3)28(15-20(27)2)37-38-32-31(48(43,44)45)18-22-17-24(11-13-26(22)33(32)39)34-23-9-6-5-7-10-23/h4-19,34,37H,1-3H3,(H,40,41,42)(H,43,44,45)/b8-4+,36-35+,38-32+. The summed E-state index contributed by atoms with van der Waals surface area (Å²) in [6.07, 6.45) is 4.31. The van der Waals surface area contributed by atoms with Gasteiger partial charge in [0.25, 0.3) is 20.2 Å². The fourth-order valence-electron chi connectivity index (χ4n) is 4.82. The lowest BCUT2D eigenvalue weighted by Gasteiger charge is -2.18. The molecule has 0 heterocycles. The smallest absolute Gasteiger partial charge is 0.296 e. The Hall–Kier alpha value is -5.48. The SMILES string of the molecule is C/C=C/c1cc(/N=N/c2cc(OC)c(N/N=C3/C(=O)c4ccc(Nc5ccccc5)cc4C=C3S(=O)(=O)O)cc2C)ccc1S(=O)(=O)O. The third kappa shape index (κ3) is 7.56. The second-order valence-corrected chi connectivity index (χ2v) is 13.2. The Morgan fingerprint density at radius 3 is 2.27 bits per heavy atom. The van der Waals surface area contributed by atoms with Gasteiger partial charge in [-0.15, -0.1) is 0 Å². The third-order valence-corrected chi connectivity index (χ3v) is 8.86. The van der Waals surface area contributed by atoms with E-state index in [-0.39, 0.29) is 33.0 Å². The quantitative estimate of drug-likeness (QED) is 0.0744. The van der Waals surface area contributed by atoms with Gasteiger partial charge in [-0.1, -0.05) is 30.4 Å². The van der Waals surface area contributed by atoms with E-state index in [4.69, 9.17) is 4.74 Å². The number of rotatable bonds is 10. The zero-order valence-corrected chi connectivity index (χ0v) is 27.4. The predicted molar refractivity (Wildman–Crippen MR) is 184 cm³/mol. The Balaban J connectivity index is 1.44. The average molecular weight is 688 g/mol. The fourth-order valence-corrected chi connectivity index (χ4v) is 6.14. The summed E-state index contributed by atoms with van der Waals surface area (Å²) in [6.45, 7) is 3.41. The van der Waals surface area contributed by atoms with Crippen LogP contribution in [0, 0.1) is 6.92 Å². The number of carbonyl (C=O) groups is 1. The first kappa shape index (κ1) is 33.9. The zero-order valence-electron chi connectivity index (χ0n) is 25.7. The predicted octanol–water partition coefficient (Wildman–Crippen LogP) is 7.34. The van der Waals surface area contributed by atoms with Gasteiger partial charge < -0.3 is 10.1 Å². The summed E-state index contributed by atoms with van der Waals surface area (Å²) in [4.78, 5) is 12.5. The van der Waals surface area contributed by atoms with Crippen molar-refractivity contribution in [3.05, 3.63) is 112 Å². The molecule has 0 bridgehead atoms. The lowest BCUT2D eigenvalue weighted by molar-refractivity contribution is 0.106. The van der Waals surface area contributed by atoms with E-state index >= 15 is 0 Å². The van der Waals surface area contributed by atoms with Gasteiger partial charge in [-0.25, -0.2) is 0 Å². The molecule has 0 spiro atoms. The Morgan fingerprint density at radius 1 is 0.854 bits per heavy atom. The largest absolute Gasteiger partial charge is 0.494 e. The molecule has 15 heteroatoms.